The number of nitrogen functional groups attached to an aromatic ring is 1. The molecule has 100 valence electrons. The van der Waals surface area contributed by atoms with Crippen LogP contribution in [-0.4, -0.2) is 4.21 Å². The largest absolute Gasteiger partial charge is 0.398 e. The zero-order chi connectivity index (χ0) is 14.0. The molecule has 0 aliphatic rings. The highest BCUT2D eigenvalue weighted by molar-refractivity contribution is 7.84. The van der Waals surface area contributed by atoms with Crippen LogP contribution in [0, 0.1) is 11.6 Å². The molecule has 0 aromatic heterocycles. The number of nitrogens with two attached hydrogens (primary N) is 1. The van der Waals surface area contributed by atoms with Gasteiger partial charge in [-0.3, -0.25) is 4.21 Å². The van der Waals surface area contributed by atoms with Gasteiger partial charge in [0.05, 0.1) is 16.6 Å². The van der Waals surface area contributed by atoms with Crippen LogP contribution in [0.1, 0.15) is 5.56 Å². The Hall–Kier alpha value is -1.46. The van der Waals surface area contributed by atoms with Gasteiger partial charge in [0, 0.05) is 21.2 Å². The van der Waals surface area contributed by atoms with Gasteiger partial charge in [0.25, 0.3) is 0 Å². The summed E-state index contributed by atoms with van der Waals surface area (Å²) in [5.74, 6) is -1.95. The molecule has 0 saturated carbocycles. The molecule has 0 aliphatic carbocycles. The van der Waals surface area contributed by atoms with Crippen molar-refractivity contribution in [1.82, 2.24) is 0 Å². The quantitative estimate of drug-likeness (QED) is 0.882. The van der Waals surface area contributed by atoms with E-state index in [0.717, 1.165) is 12.1 Å². The van der Waals surface area contributed by atoms with Gasteiger partial charge in [-0.05, 0) is 30.3 Å². The molecule has 6 heteroatoms. The maximum absolute atomic E-state index is 13.1. The summed E-state index contributed by atoms with van der Waals surface area (Å²) in [6.45, 7) is 0. The van der Waals surface area contributed by atoms with E-state index in [1.807, 2.05) is 0 Å². The van der Waals surface area contributed by atoms with Gasteiger partial charge in [-0.15, -0.1) is 0 Å². The van der Waals surface area contributed by atoms with Crippen LogP contribution in [0.25, 0.3) is 0 Å². The Morgan fingerprint density at radius 3 is 2.53 bits per heavy atom. The van der Waals surface area contributed by atoms with Crippen LogP contribution in [0.2, 0.25) is 5.02 Å². The summed E-state index contributed by atoms with van der Waals surface area (Å²) in [5, 5.41) is 0.399. The lowest BCUT2D eigenvalue weighted by atomic mass is 10.2. The predicted molar refractivity (Wildman–Crippen MR) is 72.3 cm³/mol. The molecule has 0 aliphatic heterocycles. The van der Waals surface area contributed by atoms with E-state index in [-0.39, 0.29) is 10.6 Å². The lowest BCUT2D eigenvalue weighted by molar-refractivity contribution is 0.505. The molecule has 0 fully saturated rings. The highest BCUT2D eigenvalue weighted by Gasteiger charge is 2.12. The van der Waals surface area contributed by atoms with Gasteiger partial charge in [0.15, 0.2) is 11.6 Å². The maximum Gasteiger partial charge on any atom is 0.160 e. The molecule has 0 amide bonds. The van der Waals surface area contributed by atoms with Crippen molar-refractivity contribution in [3.8, 4) is 0 Å². The van der Waals surface area contributed by atoms with E-state index in [4.69, 9.17) is 17.3 Å². The number of halogens is 3. The van der Waals surface area contributed by atoms with Crippen molar-refractivity contribution in [2.75, 3.05) is 5.73 Å². The van der Waals surface area contributed by atoms with E-state index < -0.39 is 22.4 Å². The first-order valence-corrected chi connectivity index (χ1v) is 7.05. The molecule has 1 unspecified atom stereocenters. The summed E-state index contributed by atoms with van der Waals surface area (Å²) in [5.41, 5.74) is 6.70. The zero-order valence-corrected chi connectivity index (χ0v) is 11.3. The van der Waals surface area contributed by atoms with Crippen molar-refractivity contribution < 1.29 is 13.0 Å². The van der Waals surface area contributed by atoms with Crippen LogP contribution in [0.3, 0.4) is 0 Å². The van der Waals surface area contributed by atoms with E-state index in [0.29, 0.717) is 16.3 Å². The molecular formula is C13H10ClF2NOS. The highest BCUT2D eigenvalue weighted by atomic mass is 35.5. The molecule has 0 saturated heterocycles. The minimum Gasteiger partial charge on any atom is -0.398 e. The van der Waals surface area contributed by atoms with Gasteiger partial charge in [-0.25, -0.2) is 8.78 Å². The minimum absolute atomic E-state index is 0.0522. The topological polar surface area (TPSA) is 43.1 Å². The van der Waals surface area contributed by atoms with E-state index in [9.17, 15) is 13.0 Å². The second kappa shape index (κ2) is 5.67. The van der Waals surface area contributed by atoms with Gasteiger partial charge in [0.2, 0.25) is 0 Å². The van der Waals surface area contributed by atoms with Crippen LogP contribution in [0.5, 0.6) is 0 Å². The highest BCUT2D eigenvalue weighted by Crippen LogP contribution is 2.25. The van der Waals surface area contributed by atoms with Crippen molar-refractivity contribution in [2.45, 2.75) is 10.6 Å². The smallest absolute Gasteiger partial charge is 0.160 e. The fraction of sp³-hybridized carbons (Fsp3) is 0.0769. The third-order valence-corrected chi connectivity index (χ3v) is 4.27. The summed E-state index contributed by atoms with van der Waals surface area (Å²) < 4.78 is 38.0. The number of benzene rings is 2. The van der Waals surface area contributed by atoms with E-state index in [1.54, 1.807) is 18.2 Å². The van der Waals surface area contributed by atoms with Crippen LogP contribution in [-0.2, 0) is 16.6 Å². The monoisotopic (exact) mass is 301 g/mol. The number of hydrogen-bond donors (Lipinski definition) is 1. The predicted octanol–water partition coefficient (Wildman–Crippen LogP) is 3.51. The SMILES string of the molecule is Nc1cccc(Cl)c1CS(=O)c1ccc(F)c(F)c1. The maximum atomic E-state index is 13.1. The number of anilines is 1. The Kier molecular flexibility index (Phi) is 4.17. The minimum atomic E-state index is -1.54. The third kappa shape index (κ3) is 3.11. The number of hydrogen-bond acceptors (Lipinski definition) is 2. The molecule has 2 rings (SSSR count). The Balaban J connectivity index is 2.28. The molecule has 1 atom stereocenters. The molecule has 2 N–H and O–H groups in total. The molecule has 2 nitrogen and oxygen atoms in total. The molecular weight excluding hydrogens is 292 g/mol. The molecule has 0 bridgehead atoms. The molecule has 2 aromatic rings. The van der Waals surface area contributed by atoms with E-state index >= 15 is 0 Å². The average Bonchev–Trinajstić information content (AvgIpc) is 2.37. The van der Waals surface area contributed by atoms with Crippen molar-refractivity contribution in [3.63, 3.8) is 0 Å². The van der Waals surface area contributed by atoms with Crippen LogP contribution in [0.4, 0.5) is 14.5 Å². The second-order valence-electron chi connectivity index (χ2n) is 3.87. The molecule has 2 aromatic carbocycles. The first-order chi connectivity index (χ1) is 8.99. The fourth-order valence-electron chi connectivity index (χ4n) is 1.56. The van der Waals surface area contributed by atoms with Gasteiger partial charge >= 0.3 is 0 Å². The van der Waals surface area contributed by atoms with E-state index in [2.05, 4.69) is 0 Å². The second-order valence-corrected chi connectivity index (χ2v) is 5.73. The summed E-state index contributed by atoms with van der Waals surface area (Å²) >= 11 is 5.97. The summed E-state index contributed by atoms with van der Waals surface area (Å²) in [6.07, 6.45) is 0. The third-order valence-electron chi connectivity index (χ3n) is 2.58. The normalized spacial score (nSPS) is 12.4. The lowest BCUT2D eigenvalue weighted by Crippen LogP contribution is -2.02. The van der Waals surface area contributed by atoms with Crippen molar-refractivity contribution in [1.29, 1.82) is 0 Å². The van der Waals surface area contributed by atoms with Crippen molar-refractivity contribution in [3.05, 3.63) is 58.6 Å². The molecule has 19 heavy (non-hydrogen) atoms. The van der Waals surface area contributed by atoms with Crippen molar-refractivity contribution in [2.24, 2.45) is 0 Å². The molecule has 0 radical (unpaired) electrons. The Bertz CT molecular complexity index is 628. The summed E-state index contributed by atoms with van der Waals surface area (Å²) in [7, 11) is -1.54. The lowest BCUT2D eigenvalue weighted by Gasteiger charge is -2.08. The average molecular weight is 302 g/mol. The summed E-state index contributed by atoms with van der Waals surface area (Å²) in [4.78, 5) is 0.193. The standard InChI is InChI=1S/C13H10ClF2NOS/c14-10-2-1-3-13(17)9(10)7-19(18)8-4-5-11(15)12(16)6-8/h1-6H,7,17H2. The zero-order valence-electron chi connectivity index (χ0n) is 9.70. The fourth-order valence-corrected chi connectivity index (χ4v) is 3.09. The van der Waals surface area contributed by atoms with Crippen molar-refractivity contribution >= 4 is 28.1 Å². The van der Waals surface area contributed by atoms with Gasteiger partial charge in [-0.1, -0.05) is 17.7 Å². The Morgan fingerprint density at radius 2 is 1.89 bits per heavy atom. The molecule has 0 heterocycles. The van der Waals surface area contributed by atoms with Gasteiger partial charge < -0.3 is 5.73 Å². The summed E-state index contributed by atoms with van der Waals surface area (Å²) in [6, 6.07) is 8.10. The van der Waals surface area contributed by atoms with Crippen LogP contribution in [0.15, 0.2) is 41.3 Å². The van der Waals surface area contributed by atoms with Gasteiger partial charge in [0.1, 0.15) is 0 Å². The van der Waals surface area contributed by atoms with Crippen LogP contribution >= 0.6 is 11.6 Å². The van der Waals surface area contributed by atoms with E-state index in [1.165, 1.54) is 6.07 Å². The Morgan fingerprint density at radius 1 is 1.16 bits per heavy atom. The van der Waals surface area contributed by atoms with Gasteiger partial charge in [-0.2, -0.15) is 0 Å². The first kappa shape index (κ1) is 14.0. The Labute approximate surface area is 116 Å². The molecule has 0 spiro atoms. The number of rotatable bonds is 3. The first-order valence-electron chi connectivity index (χ1n) is 5.35. The van der Waals surface area contributed by atoms with Crippen LogP contribution < -0.4 is 5.73 Å².